The first kappa shape index (κ1) is 8.53. The summed E-state index contributed by atoms with van der Waals surface area (Å²) in [5, 5.41) is 22.4. The van der Waals surface area contributed by atoms with Gasteiger partial charge in [-0.3, -0.25) is 0 Å². The van der Waals surface area contributed by atoms with Gasteiger partial charge in [0, 0.05) is 17.8 Å². The van der Waals surface area contributed by atoms with Crippen LogP contribution in [0.5, 0.6) is 0 Å². The van der Waals surface area contributed by atoms with E-state index in [0.717, 1.165) is 11.3 Å². The van der Waals surface area contributed by atoms with Crippen molar-refractivity contribution in [1.29, 1.82) is 0 Å². The lowest BCUT2D eigenvalue weighted by molar-refractivity contribution is 0.0179. The summed E-state index contributed by atoms with van der Waals surface area (Å²) in [5.74, 6) is 0. The molecule has 1 aliphatic rings. The number of nitrogens with one attached hydrogen (secondary N) is 1. The number of aliphatic hydroxyl groups excluding tert-OH is 2. The molecule has 1 aromatic rings. The minimum absolute atomic E-state index is 0.579. The molecule has 3 N–H and O–H groups in total. The van der Waals surface area contributed by atoms with Gasteiger partial charge in [-0.25, -0.2) is 0 Å². The van der Waals surface area contributed by atoms with Gasteiger partial charge in [0.1, 0.15) is 6.10 Å². The standard InChI is InChI=1S/C10H13NO2/c12-9-5-6-11-8-4-2-1-3-7(8)10(9)13/h1-4,9-13H,5-6H2/t9-,10+/m1/s1. The van der Waals surface area contributed by atoms with Crippen molar-refractivity contribution < 1.29 is 10.2 Å². The zero-order valence-electron chi connectivity index (χ0n) is 7.27. The van der Waals surface area contributed by atoms with Gasteiger partial charge in [-0.05, 0) is 12.5 Å². The minimum atomic E-state index is -0.758. The van der Waals surface area contributed by atoms with Crippen LogP contribution in [0.2, 0.25) is 0 Å². The number of para-hydroxylation sites is 1. The third-order valence-corrected chi connectivity index (χ3v) is 2.40. The van der Waals surface area contributed by atoms with E-state index in [-0.39, 0.29) is 0 Å². The van der Waals surface area contributed by atoms with Crippen LogP contribution in [0.15, 0.2) is 24.3 Å². The van der Waals surface area contributed by atoms with Crippen LogP contribution in [0.1, 0.15) is 18.1 Å². The lowest BCUT2D eigenvalue weighted by atomic mass is 10.0. The van der Waals surface area contributed by atoms with E-state index < -0.39 is 12.2 Å². The Bertz CT molecular complexity index is 301. The molecule has 0 bridgehead atoms. The molecule has 2 atom stereocenters. The van der Waals surface area contributed by atoms with Crippen molar-refractivity contribution in [3.63, 3.8) is 0 Å². The Morgan fingerprint density at radius 2 is 2.00 bits per heavy atom. The third-order valence-electron chi connectivity index (χ3n) is 2.40. The van der Waals surface area contributed by atoms with E-state index in [4.69, 9.17) is 0 Å². The van der Waals surface area contributed by atoms with E-state index in [9.17, 15) is 10.2 Å². The molecule has 0 amide bonds. The van der Waals surface area contributed by atoms with Crippen molar-refractivity contribution in [2.75, 3.05) is 11.9 Å². The summed E-state index contributed by atoms with van der Waals surface area (Å²) >= 11 is 0. The number of hydrogen-bond acceptors (Lipinski definition) is 3. The molecular weight excluding hydrogens is 166 g/mol. The molecule has 3 heteroatoms. The molecule has 1 aliphatic heterocycles. The second kappa shape index (κ2) is 3.36. The largest absolute Gasteiger partial charge is 0.390 e. The molecule has 2 rings (SSSR count). The molecule has 3 nitrogen and oxygen atoms in total. The van der Waals surface area contributed by atoms with Gasteiger partial charge in [-0.1, -0.05) is 18.2 Å². The average Bonchev–Trinajstić information content (AvgIpc) is 2.29. The Morgan fingerprint density at radius 1 is 1.23 bits per heavy atom. The van der Waals surface area contributed by atoms with Crippen LogP contribution in [0.4, 0.5) is 5.69 Å². The zero-order chi connectivity index (χ0) is 9.26. The molecule has 1 aromatic carbocycles. The Balaban J connectivity index is 2.40. The highest BCUT2D eigenvalue weighted by Crippen LogP contribution is 2.28. The molecule has 0 radical (unpaired) electrons. The lowest BCUT2D eigenvalue weighted by Crippen LogP contribution is -2.17. The fourth-order valence-electron chi connectivity index (χ4n) is 1.64. The van der Waals surface area contributed by atoms with Gasteiger partial charge in [0.25, 0.3) is 0 Å². The average molecular weight is 179 g/mol. The van der Waals surface area contributed by atoms with Crippen molar-refractivity contribution in [2.24, 2.45) is 0 Å². The summed E-state index contributed by atoms with van der Waals surface area (Å²) < 4.78 is 0. The fraction of sp³-hybridized carbons (Fsp3) is 0.400. The van der Waals surface area contributed by atoms with Gasteiger partial charge < -0.3 is 15.5 Å². The van der Waals surface area contributed by atoms with Crippen LogP contribution in [0, 0.1) is 0 Å². The Hall–Kier alpha value is -1.06. The molecule has 70 valence electrons. The number of aliphatic hydroxyl groups is 2. The molecule has 0 fully saturated rings. The first-order valence-electron chi connectivity index (χ1n) is 4.48. The second-order valence-electron chi connectivity index (χ2n) is 3.31. The quantitative estimate of drug-likeness (QED) is 0.554. The Labute approximate surface area is 77.0 Å². The number of benzene rings is 1. The smallest absolute Gasteiger partial charge is 0.107 e. The maximum absolute atomic E-state index is 9.72. The van der Waals surface area contributed by atoms with Gasteiger partial charge in [-0.2, -0.15) is 0 Å². The Morgan fingerprint density at radius 3 is 2.85 bits per heavy atom. The van der Waals surface area contributed by atoms with Crippen molar-refractivity contribution in [3.8, 4) is 0 Å². The lowest BCUT2D eigenvalue weighted by Gasteiger charge is -2.15. The molecule has 0 saturated carbocycles. The summed E-state index contributed by atoms with van der Waals surface area (Å²) in [6.45, 7) is 0.704. The third kappa shape index (κ3) is 1.53. The first-order valence-corrected chi connectivity index (χ1v) is 4.48. The van der Waals surface area contributed by atoms with Crippen molar-refractivity contribution in [2.45, 2.75) is 18.6 Å². The molecular formula is C10H13NO2. The second-order valence-corrected chi connectivity index (χ2v) is 3.31. The van der Waals surface area contributed by atoms with E-state index in [1.165, 1.54) is 0 Å². The SMILES string of the molecule is O[C@@H]1CCNc2ccccc2[C@@H]1O. The van der Waals surface area contributed by atoms with Gasteiger partial charge in [0.15, 0.2) is 0 Å². The van der Waals surface area contributed by atoms with Crippen LogP contribution in [0.25, 0.3) is 0 Å². The van der Waals surface area contributed by atoms with E-state index >= 15 is 0 Å². The molecule has 0 aromatic heterocycles. The van der Waals surface area contributed by atoms with Gasteiger partial charge in [0.05, 0.1) is 6.10 Å². The van der Waals surface area contributed by atoms with Crippen molar-refractivity contribution >= 4 is 5.69 Å². The maximum Gasteiger partial charge on any atom is 0.107 e. The Kier molecular flexibility index (Phi) is 2.20. The zero-order valence-corrected chi connectivity index (χ0v) is 7.27. The molecule has 0 unspecified atom stereocenters. The van der Waals surface area contributed by atoms with Crippen LogP contribution in [-0.2, 0) is 0 Å². The molecule has 0 aliphatic carbocycles. The predicted octanol–water partition coefficient (Wildman–Crippen LogP) is 0.896. The van der Waals surface area contributed by atoms with E-state index in [2.05, 4.69) is 5.32 Å². The number of fused-ring (bicyclic) bond motifs is 1. The summed E-state index contributed by atoms with van der Waals surface area (Å²) in [6, 6.07) is 7.52. The molecule has 1 heterocycles. The topological polar surface area (TPSA) is 52.5 Å². The number of rotatable bonds is 0. The van der Waals surface area contributed by atoms with Gasteiger partial charge in [-0.15, -0.1) is 0 Å². The van der Waals surface area contributed by atoms with Gasteiger partial charge >= 0.3 is 0 Å². The van der Waals surface area contributed by atoms with Gasteiger partial charge in [0.2, 0.25) is 0 Å². The van der Waals surface area contributed by atoms with E-state index in [1.807, 2.05) is 24.3 Å². The highest BCUT2D eigenvalue weighted by Gasteiger charge is 2.23. The normalized spacial score (nSPS) is 27.2. The highest BCUT2D eigenvalue weighted by atomic mass is 16.3. The van der Waals surface area contributed by atoms with Crippen LogP contribution in [0.3, 0.4) is 0 Å². The summed E-state index contributed by atoms with van der Waals surface area (Å²) in [5.41, 5.74) is 1.71. The number of hydrogen-bond donors (Lipinski definition) is 3. The molecule has 0 saturated heterocycles. The fourth-order valence-corrected chi connectivity index (χ4v) is 1.64. The van der Waals surface area contributed by atoms with Crippen LogP contribution in [-0.4, -0.2) is 22.9 Å². The van der Waals surface area contributed by atoms with Crippen molar-refractivity contribution in [3.05, 3.63) is 29.8 Å². The van der Waals surface area contributed by atoms with Crippen LogP contribution < -0.4 is 5.32 Å². The monoisotopic (exact) mass is 179 g/mol. The maximum atomic E-state index is 9.72. The molecule has 13 heavy (non-hydrogen) atoms. The van der Waals surface area contributed by atoms with E-state index in [0.29, 0.717) is 13.0 Å². The first-order chi connectivity index (χ1) is 6.29. The van der Waals surface area contributed by atoms with Crippen molar-refractivity contribution in [1.82, 2.24) is 0 Å². The summed E-state index contributed by atoms with van der Waals surface area (Å²) in [7, 11) is 0. The minimum Gasteiger partial charge on any atom is -0.390 e. The van der Waals surface area contributed by atoms with Crippen LogP contribution >= 0.6 is 0 Å². The van der Waals surface area contributed by atoms with E-state index in [1.54, 1.807) is 0 Å². The molecule has 0 spiro atoms. The highest BCUT2D eigenvalue weighted by molar-refractivity contribution is 5.53. The summed E-state index contributed by atoms with van der Waals surface area (Å²) in [6.07, 6.45) is -0.835. The number of anilines is 1. The summed E-state index contributed by atoms with van der Waals surface area (Å²) in [4.78, 5) is 0. The predicted molar refractivity (Wildman–Crippen MR) is 50.5 cm³/mol.